The van der Waals surface area contributed by atoms with Gasteiger partial charge in [0.05, 0.1) is 0 Å². The van der Waals surface area contributed by atoms with E-state index in [2.05, 4.69) is 5.32 Å². The van der Waals surface area contributed by atoms with Crippen LogP contribution in [0, 0.1) is 11.6 Å². The monoisotopic (exact) mass is 259 g/mol. The third-order valence-corrected chi connectivity index (χ3v) is 2.19. The summed E-state index contributed by atoms with van der Waals surface area (Å²) < 4.78 is 26.1. The Kier molecular flexibility index (Phi) is 4.19. The zero-order valence-electron chi connectivity index (χ0n) is 9.41. The average molecular weight is 259 g/mol. The van der Waals surface area contributed by atoms with Gasteiger partial charge in [0.25, 0.3) is 0 Å². The fraction of sp³-hybridized carbons (Fsp3) is 0.273. The molecule has 3 N–H and O–H groups in total. The molecule has 0 aromatic heterocycles. The van der Waals surface area contributed by atoms with Crippen LogP contribution in [-0.2, 0) is 16.0 Å². The van der Waals surface area contributed by atoms with Gasteiger partial charge in [-0.3, -0.25) is 4.79 Å². The van der Waals surface area contributed by atoms with Gasteiger partial charge in [0.15, 0.2) is 17.4 Å². The van der Waals surface area contributed by atoms with Gasteiger partial charge in [-0.2, -0.15) is 0 Å². The normalized spacial score (nSPS) is 11.9. The number of aromatic hydroxyl groups is 1. The minimum Gasteiger partial charge on any atom is -0.503 e. The predicted molar refractivity (Wildman–Crippen MR) is 57.0 cm³/mol. The molecule has 1 aromatic rings. The number of phenols is 1. The Bertz CT molecular complexity index is 467. The van der Waals surface area contributed by atoms with E-state index in [4.69, 9.17) is 10.2 Å². The average Bonchev–Trinajstić information content (AvgIpc) is 2.24. The molecular weight excluding hydrogens is 248 g/mol. The van der Waals surface area contributed by atoms with Crippen molar-refractivity contribution in [2.24, 2.45) is 0 Å². The van der Waals surface area contributed by atoms with Gasteiger partial charge in [0.2, 0.25) is 5.91 Å². The molecule has 0 saturated carbocycles. The van der Waals surface area contributed by atoms with E-state index in [1.807, 2.05) is 0 Å². The number of carboxylic acids is 1. The van der Waals surface area contributed by atoms with Crippen molar-refractivity contribution in [2.45, 2.75) is 19.4 Å². The second-order valence-corrected chi connectivity index (χ2v) is 3.70. The van der Waals surface area contributed by atoms with Gasteiger partial charge < -0.3 is 15.5 Å². The van der Waals surface area contributed by atoms with Gasteiger partial charge >= 0.3 is 5.97 Å². The van der Waals surface area contributed by atoms with E-state index < -0.39 is 35.3 Å². The van der Waals surface area contributed by atoms with E-state index in [0.717, 1.165) is 19.1 Å². The van der Waals surface area contributed by atoms with Crippen molar-refractivity contribution >= 4 is 11.9 Å². The highest BCUT2D eigenvalue weighted by Crippen LogP contribution is 2.22. The molecule has 1 atom stereocenters. The lowest BCUT2D eigenvalue weighted by atomic mass is 10.1. The van der Waals surface area contributed by atoms with Gasteiger partial charge in [0, 0.05) is 13.3 Å². The van der Waals surface area contributed by atoms with Crippen molar-refractivity contribution in [3.63, 3.8) is 0 Å². The topological polar surface area (TPSA) is 86.6 Å². The van der Waals surface area contributed by atoms with E-state index in [0.29, 0.717) is 0 Å². The van der Waals surface area contributed by atoms with E-state index in [1.165, 1.54) is 0 Å². The number of aliphatic carboxylic acids is 1. The lowest BCUT2D eigenvalue weighted by molar-refractivity contribution is -0.141. The molecule has 1 unspecified atom stereocenters. The van der Waals surface area contributed by atoms with E-state index in [1.54, 1.807) is 0 Å². The number of carbonyl (C=O) groups excluding carboxylic acids is 1. The highest BCUT2D eigenvalue weighted by Gasteiger charge is 2.20. The quantitative estimate of drug-likeness (QED) is 0.746. The molecule has 0 aliphatic heterocycles. The van der Waals surface area contributed by atoms with Crippen molar-refractivity contribution in [1.29, 1.82) is 0 Å². The third kappa shape index (κ3) is 3.41. The summed E-state index contributed by atoms with van der Waals surface area (Å²) >= 11 is 0. The maximum atomic E-state index is 13.0. The minimum atomic E-state index is -1.32. The Morgan fingerprint density at radius 3 is 2.22 bits per heavy atom. The molecule has 1 aromatic carbocycles. The second-order valence-electron chi connectivity index (χ2n) is 3.70. The van der Waals surface area contributed by atoms with Crippen LogP contribution in [0.4, 0.5) is 8.78 Å². The molecule has 0 radical (unpaired) electrons. The van der Waals surface area contributed by atoms with Crippen molar-refractivity contribution in [1.82, 2.24) is 5.32 Å². The first-order chi connectivity index (χ1) is 8.31. The molecule has 0 fully saturated rings. The SMILES string of the molecule is CC(=O)NC(Cc1cc(F)c(O)c(F)c1)C(=O)O. The van der Waals surface area contributed by atoms with Gasteiger partial charge in [-0.05, 0) is 17.7 Å². The fourth-order valence-electron chi connectivity index (χ4n) is 1.42. The van der Waals surface area contributed by atoms with Gasteiger partial charge in [-0.15, -0.1) is 0 Å². The summed E-state index contributed by atoms with van der Waals surface area (Å²) in [6.45, 7) is 1.13. The number of carbonyl (C=O) groups is 2. The molecule has 0 saturated heterocycles. The highest BCUT2D eigenvalue weighted by atomic mass is 19.1. The number of hydrogen-bond donors (Lipinski definition) is 3. The van der Waals surface area contributed by atoms with E-state index in [9.17, 15) is 18.4 Å². The summed E-state index contributed by atoms with van der Waals surface area (Å²) in [5.41, 5.74) is 0.0175. The number of benzene rings is 1. The maximum absolute atomic E-state index is 13.0. The first kappa shape index (κ1) is 13.9. The van der Waals surface area contributed by atoms with Gasteiger partial charge in [-0.1, -0.05) is 0 Å². The maximum Gasteiger partial charge on any atom is 0.326 e. The summed E-state index contributed by atoms with van der Waals surface area (Å²) in [5, 5.41) is 19.8. The van der Waals surface area contributed by atoms with E-state index in [-0.39, 0.29) is 12.0 Å². The summed E-state index contributed by atoms with van der Waals surface area (Å²) in [7, 11) is 0. The molecule has 0 aliphatic rings. The molecule has 18 heavy (non-hydrogen) atoms. The largest absolute Gasteiger partial charge is 0.503 e. The van der Waals surface area contributed by atoms with Crippen LogP contribution in [0.15, 0.2) is 12.1 Å². The molecular formula is C11H11F2NO4. The Hall–Kier alpha value is -2.18. The van der Waals surface area contributed by atoms with Crippen molar-refractivity contribution in [3.8, 4) is 5.75 Å². The van der Waals surface area contributed by atoms with Crippen molar-refractivity contribution in [2.75, 3.05) is 0 Å². The zero-order valence-corrected chi connectivity index (χ0v) is 9.41. The summed E-state index contributed by atoms with van der Waals surface area (Å²) in [6, 6.07) is 0.345. The highest BCUT2D eigenvalue weighted by molar-refractivity contribution is 5.82. The van der Waals surface area contributed by atoms with Gasteiger partial charge in [-0.25, -0.2) is 13.6 Å². The van der Waals surface area contributed by atoms with Crippen LogP contribution in [0.1, 0.15) is 12.5 Å². The first-order valence-electron chi connectivity index (χ1n) is 4.98. The smallest absolute Gasteiger partial charge is 0.326 e. The van der Waals surface area contributed by atoms with Crippen LogP contribution in [-0.4, -0.2) is 28.1 Å². The number of nitrogens with one attached hydrogen (secondary N) is 1. The molecule has 0 bridgehead atoms. The standard InChI is InChI=1S/C11H11F2NO4/c1-5(15)14-9(11(17)18)4-6-2-7(12)10(16)8(13)3-6/h2-3,9,16H,4H2,1H3,(H,14,15)(H,17,18). The van der Waals surface area contributed by atoms with Crippen LogP contribution in [0.3, 0.4) is 0 Å². The van der Waals surface area contributed by atoms with Crippen LogP contribution in [0.5, 0.6) is 5.75 Å². The molecule has 5 nitrogen and oxygen atoms in total. The van der Waals surface area contributed by atoms with Crippen LogP contribution in [0.25, 0.3) is 0 Å². The Morgan fingerprint density at radius 1 is 1.33 bits per heavy atom. The number of carboxylic acid groups (broad SMARTS) is 1. The summed E-state index contributed by atoms with van der Waals surface area (Å²) in [4.78, 5) is 21.6. The molecule has 0 heterocycles. The predicted octanol–water partition coefficient (Wildman–Crippen LogP) is 0.802. The molecule has 1 rings (SSSR count). The fourth-order valence-corrected chi connectivity index (χ4v) is 1.42. The lowest BCUT2D eigenvalue weighted by Crippen LogP contribution is -2.41. The Morgan fingerprint density at radius 2 is 1.83 bits per heavy atom. The molecule has 0 spiro atoms. The zero-order chi connectivity index (χ0) is 13.9. The lowest BCUT2D eigenvalue weighted by Gasteiger charge is -2.13. The molecule has 7 heteroatoms. The number of hydrogen-bond acceptors (Lipinski definition) is 3. The first-order valence-corrected chi connectivity index (χ1v) is 4.98. The van der Waals surface area contributed by atoms with Gasteiger partial charge in [0.1, 0.15) is 6.04 Å². The third-order valence-electron chi connectivity index (χ3n) is 2.19. The van der Waals surface area contributed by atoms with Crippen LogP contribution < -0.4 is 5.32 Å². The number of phenolic OH excluding ortho intramolecular Hbond substituents is 1. The summed E-state index contributed by atoms with van der Waals surface area (Å²) in [5.74, 6) is -5.37. The number of rotatable bonds is 4. The number of halogens is 2. The van der Waals surface area contributed by atoms with Crippen LogP contribution in [0.2, 0.25) is 0 Å². The molecule has 1 amide bonds. The summed E-state index contributed by atoms with van der Waals surface area (Å²) in [6.07, 6.45) is -0.289. The van der Waals surface area contributed by atoms with Crippen LogP contribution >= 0.6 is 0 Å². The number of amides is 1. The minimum absolute atomic E-state index is 0.0175. The van der Waals surface area contributed by atoms with Crippen molar-refractivity contribution in [3.05, 3.63) is 29.3 Å². The Labute approximate surface area is 101 Å². The molecule has 98 valence electrons. The Balaban J connectivity index is 2.94. The van der Waals surface area contributed by atoms with Crippen molar-refractivity contribution < 1.29 is 28.6 Å². The van der Waals surface area contributed by atoms with E-state index >= 15 is 0 Å². The second kappa shape index (κ2) is 5.44. The molecule has 0 aliphatic carbocycles.